The Morgan fingerprint density at radius 1 is 1.33 bits per heavy atom. The maximum absolute atomic E-state index is 12.0. The van der Waals surface area contributed by atoms with Crippen molar-refractivity contribution in [2.24, 2.45) is 0 Å². The molecule has 0 bridgehead atoms. The van der Waals surface area contributed by atoms with Gasteiger partial charge in [-0.25, -0.2) is 0 Å². The van der Waals surface area contributed by atoms with Crippen molar-refractivity contribution in [2.45, 2.75) is 18.1 Å². The van der Waals surface area contributed by atoms with Crippen LogP contribution in [0.3, 0.4) is 0 Å². The quantitative estimate of drug-likeness (QED) is 0.768. The predicted molar refractivity (Wildman–Crippen MR) is 73.6 cm³/mol. The number of ketones is 1. The second-order valence-corrected chi connectivity index (χ2v) is 5.56. The lowest BCUT2D eigenvalue weighted by Gasteiger charge is -2.21. The molecule has 1 heterocycles. The molecular weight excluding hydrogens is 248 g/mol. The summed E-state index contributed by atoms with van der Waals surface area (Å²) in [5.41, 5.74) is 0.760. The van der Waals surface area contributed by atoms with Gasteiger partial charge in [0.25, 0.3) is 0 Å². The fourth-order valence-electron chi connectivity index (χ4n) is 1.90. The first-order chi connectivity index (χ1) is 8.79. The molecule has 0 unspecified atom stereocenters. The van der Waals surface area contributed by atoms with E-state index in [2.05, 4.69) is 0 Å². The van der Waals surface area contributed by atoms with Crippen LogP contribution in [0.25, 0.3) is 0 Å². The first kappa shape index (κ1) is 13.4. The summed E-state index contributed by atoms with van der Waals surface area (Å²) >= 11 is 1.75. The van der Waals surface area contributed by atoms with Crippen LogP contribution in [0.2, 0.25) is 0 Å². The maximum Gasteiger partial charge on any atom is 0.172 e. The van der Waals surface area contributed by atoms with Gasteiger partial charge in [0.15, 0.2) is 5.78 Å². The van der Waals surface area contributed by atoms with Gasteiger partial charge in [0.1, 0.15) is 5.75 Å². The molecule has 98 valence electrons. The number of Topliss-reactive ketones (excluding diaryl/α,β-unsaturated/α-hetero) is 1. The molecule has 1 fully saturated rings. The number of hydrogen-bond donors (Lipinski definition) is 0. The van der Waals surface area contributed by atoms with E-state index in [9.17, 15) is 4.79 Å². The van der Waals surface area contributed by atoms with E-state index in [1.165, 1.54) is 0 Å². The third-order valence-electron chi connectivity index (χ3n) is 3.03. The molecule has 3 nitrogen and oxygen atoms in total. The monoisotopic (exact) mass is 266 g/mol. The van der Waals surface area contributed by atoms with Gasteiger partial charge in [-0.05, 0) is 37.1 Å². The second kappa shape index (κ2) is 6.81. The van der Waals surface area contributed by atoms with E-state index in [4.69, 9.17) is 9.47 Å². The molecule has 0 amide bonds. The van der Waals surface area contributed by atoms with Crippen molar-refractivity contribution in [3.05, 3.63) is 29.8 Å². The Balaban J connectivity index is 1.82. The summed E-state index contributed by atoms with van der Waals surface area (Å²) in [4.78, 5) is 12.0. The van der Waals surface area contributed by atoms with E-state index in [-0.39, 0.29) is 5.78 Å². The Morgan fingerprint density at radius 3 is 2.61 bits per heavy atom. The van der Waals surface area contributed by atoms with Gasteiger partial charge in [0.05, 0.1) is 12.9 Å². The Hall–Kier alpha value is -1.00. The standard InChI is InChI=1S/C14H18O3S/c1-16-12-4-2-11(3-5-12)14(15)10-18-13-6-8-17-9-7-13/h2-5,13H,6-10H2,1H3. The minimum atomic E-state index is 0.189. The van der Waals surface area contributed by atoms with Crippen LogP contribution in [0, 0.1) is 0 Å². The third kappa shape index (κ3) is 3.75. The zero-order valence-electron chi connectivity index (χ0n) is 10.6. The SMILES string of the molecule is COc1ccc(C(=O)CSC2CCOCC2)cc1. The van der Waals surface area contributed by atoms with Crippen LogP contribution in [0.4, 0.5) is 0 Å². The molecule has 0 radical (unpaired) electrons. The van der Waals surface area contributed by atoms with Gasteiger partial charge in [0, 0.05) is 24.0 Å². The molecule has 18 heavy (non-hydrogen) atoms. The summed E-state index contributed by atoms with van der Waals surface area (Å²) < 4.78 is 10.4. The van der Waals surface area contributed by atoms with Crippen molar-refractivity contribution in [3.8, 4) is 5.75 Å². The Labute approximate surface area is 112 Å². The minimum Gasteiger partial charge on any atom is -0.497 e. The summed E-state index contributed by atoms with van der Waals surface area (Å²) in [6.45, 7) is 1.66. The molecule has 2 rings (SSSR count). The molecule has 0 N–H and O–H groups in total. The average molecular weight is 266 g/mol. The highest BCUT2D eigenvalue weighted by Gasteiger charge is 2.16. The third-order valence-corrected chi connectivity index (χ3v) is 4.40. The summed E-state index contributed by atoms with van der Waals surface area (Å²) in [7, 11) is 1.62. The van der Waals surface area contributed by atoms with Gasteiger partial charge in [-0.3, -0.25) is 4.79 Å². The number of thioether (sulfide) groups is 1. The maximum atomic E-state index is 12.0. The van der Waals surface area contributed by atoms with Gasteiger partial charge >= 0.3 is 0 Å². The fourth-order valence-corrected chi connectivity index (χ4v) is 2.98. The van der Waals surface area contributed by atoms with E-state index < -0.39 is 0 Å². The molecule has 1 aliphatic rings. The van der Waals surface area contributed by atoms with Crippen molar-refractivity contribution in [3.63, 3.8) is 0 Å². The minimum absolute atomic E-state index is 0.189. The molecule has 0 aromatic heterocycles. The second-order valence-electron chi connectivity index (χ2n) is 4.27. The van der Waals surface area contributed by atoms with E-state index in [1.54, 1.807) is 18.9 Å². The first-order valence-electron chi connectivity index (χ1n) is 6.16. The van der Waals surface area contributed by atoms with Crippen molar-refractivity contribution >= 4 is 17.5 Å². The highest BCUT2D eigenvalue weighted by Crippen LogP contribution is 2.23. The van der Waals surface area contributed by atoms with Crippen molar-refractivity contribution in [2.75, 3.05) is 26.1 Å². The van der Waals surface area contributed by atoms with Gasteiger partial charge in [0.2, 0.25) is 0 Å². The lowest BCUT2D eigenvalue weighted by Crippen LogP contribution is -2.19. The Bertz CT molecular complexity index is 383. The number of rotatable bonds is 5. The smallest absolute Gasteiger partial charge is 0.172 e. The molecule has 0 aliphatic carbocycles. The lowest BCUT2D eigenvalue weighted by molar-refractivity contribution is 0.0988. The average Bonchev–Trinajstić information content (AvgIpc) is 2.46. The van der Waals surface area contributed by atoms with Crippen LogP contribution in [0.5, 0.6) is 5.75 Å². The lowest BCUT2D eigenvalue weighted by atomic mass is 10.1. The van der Waals surface area contributed by atoms with Crippen LogP contribution in [-0.4, -0.2) is 37.1 Å². The van der Waals surface area contributed by atoms with Crippen molar-refractivity contribution < 1.29 is 14.3 Å². The molecule has 4 heteroatoms. The number of carbonyl (C=O) groups is 1. The van der Waals surface area contributed by atoms with Crippen LogP contribution >= 0.6 is 11.8 Å². The predicted octanol–water partition coefficient (Wildman–Crippen LogP) is 2.79. The molecule has 1 aromatic rings. The van der Waals surface area contributed by atoms with E-state index in [1.807, 2.05) is 24.3 Å². The van der Waals surface area contributed by atoms with Crippen LogP contribution in [0.1, 0.15) is 23.2 Å². The molecule has 1 aromatic carbocycles. The number of carbonyl (C=O) groups excluding carboxylic acids is 1. The van der Waals surface area contributed by atoms with Crippen LogP contribution in [-0.2, 0) is 4.74 Å². The molecular formula is C14H18O3S. The highest BCUT2D eigenvalue weighted by atomic mass is 32.2. The zero-order chi connectivity index (χ0) is 12.8. The van der Waals surface area contributed by atoms with E-state index in [0.717, 1.165) is 37.4 Å². The summed E-state index contributed by atoms with van der Waals surface area (Å²) in [6.07, 6.45) is 2.11. The molecule has 0 spiro atoms. The number of hydrogen-bond acceptors (Lipinski definition) is 4. The Morgan fingerprint density at radius 2 is 2.00 bits per heavy atom. The van der Waals surface area contributed by atoms with E-state index in [0.29, 0.717) is 11.0 Å². The number of ether oxygens (including phenoxy) is 2. The first-order valence-corrected chi connectivity index (χ1v) is 7.21. The molecule has 0 saturated carbocycles. The normalized spacial score (nSPS) is 16.5. The zero-order valence-corrected chi connectivity index (χ0v) is 11.4. The van der Waals surface area contributed by atoms with Crippen molar-refractivity contribution in [1.82, 2.24) is 0 Å². The molecule has 1 aliphatic heterocycles. The summed E-state index contributed by atoms with van der Waals surface area (Å²) in [6, 6.07) is 7.30. The highest BCUT2D eigenvalue weighted by molar-refractivity contribution is 8.00. The van der Waals surface area contributed by atoms with Gasteiger partial charge in [-0.1, -0.05) is 0 Å². The summed E-state index contributed by atoms with van der Waals surface area (Å²) in [5, 5.41) is 0.570. The Kier molecular flexibility index (Phi) is 5.08. The van der Waals surface area contributed by atoms with Gasteiger partial charge in [-0.15, -0.1) is 0 Å². The largest absolute Gasteiger partial charge is 0.497 e. The number of benzene rings is 1. The molecule has 1 saturated heterocycles. The van der Waals surface area contributed by atoms with Gasteiger partial charge in [-0.2, -0.15) is 11.8 Å². The topological polar surface area (TPSA) is 35.5 Å². The summed E-state index contributed by atoms with van der Waals surface area (Å²) in [5.74, 6) is 1.52. The molecule has 0 atom stereocenters. The fraction of sp³-hybridized carbons (Fsp3) is 0.500. The van der Waals surface area contributed by atoms with Crippen LogP contribution in [0.15, 0.2) is 24.3 Å². The van der Waals surface area contributed by atoms with Crippen LogP contribution < -0.4 is 4.74 Å². The van der Waals surface area contributed by atoms with Gasteiger partial charge < -0.3 is 9.47 Å². The van der Waals surface area contributed by atoms with Crippen molar-refractivity contribution in [1.29, 1.82) is 0 Å². The van der Waals surface area contributed by atoms with E-state index >= 15 is 0 Å². The number of methoxy groups -OCH3 is 1.